The van der Waals surface area contributed by atoms with Crippen LogP contribution in [-0.2, 0) is 4.74 Å². The Morgan fingerprint density at radius 1 is 1.00 bits per heavy atom. The number of nitrogens with zero attached hydrogens (tertiary/aromatic N) is 2. The van der Waals surface area contributed by atoms with Crippen LogP contribution in [0.3, 0.4) is 0 Å². The van der Waals surface area contributed by atoms with Gasteiger partial charge in [0.25, 0.3) is 0 Å². The Kier molecular flexibility index (Phi) is 9.75. The van der Waals surface area contributed by atoms with Crippen molar-refractivity contribution < 1.29 is 14.6 Å². The van der Waals surface area contributed by atoms with Gasteiger partial charge >= 0.3 is 6.09 Å². The quantitative estimate of drug-likeness (QED) is 0.381. The van der Waals surface area contributed by atoms with E-state index < -0.39 is 17.4 Å². The smallest absolute Gasteiger partial charge is 0.412 e. The number of rotatable bonds is 8. The lowest BCUT2D eigenvalue weighted by Crippen LogP contribution is -2.60. The Morgan fingerprint density at radius 2 is 1.53 bits per heavy atom. The fourth-order valence-corrected chi connectivity index (χ4v) is 5.39. The lowest BCUT2D eigenvalue weighted by Gasteiger charge is -2.44. The number of halogens is 3. The molecule has 1 spiro atoms. The fourth-order valence-electron chi connectivity index (χ4n) is 5.13. The number of amides is 1. The Balaban J connectivity index is 0.00000361. The van der Waals surface area contributed by atoms with Gasteiger partial charge in [-0.25, -0.2) is 4.79 Å². The number of benzene rings is 2. The van der Waals surface area contributed by atoms with E-state index >= 15 is 0 Å². The molecule has 5 nitrogen and oxygen atoms in total. The van der Waals surface area contributed by atoms with E-state index in [1.165, 1.54) is 4.90 Å². The van der Waals surface area contributed by atoms with Crippen LogP contribution < -0.4 is 0 Å². The van der Waals surface area contributed by atoms with Crippen molar-refractivity contribution in [2.75, 3.05) is 26.2 Å². The highest BCUT2D eigenvalue weighted by molar-refractivity contribution is 6.31. The summed E-state index contributed by atoms with van der Waals surface area (Å²) >= 11 is 12.2. The van der Waals surface area contributed by atoms with Gasteiger partial charge in [-0.15, -0.1) is 12.4 Å². The molecule has 36 heavy (non-hydrogen) atoms. The van der Waals surface area contributed by atoms with Gasteiger partial charge in [-0.05, 0) is 60.7 Å². The Hall–Kier alpha value is -1.76. The lowest BCUT2D eigenvalue weighted by molar-refractivity contribution is -0.165. The molecule has 0 saturated carbocycles. The first-order chi connectivity index (χ1) is 16.8. The number of hydrogen-bond donors (Lipinski definition) is 1. The number of hydrogen-bond acceptors (Lipinski definition) is 4. The van der Waals surface area contributed by atoms with E-state index in [0.717, 1.165) is 55.6 Å². The van der Waals surface area contributed by atoms with Crippen molar-refractivity contribution in [1.82, 2.24) is 9.80 Å². The minimum Gasteiger partial charge on any atom is -0.437 e. The molecule has 0 aromatic heterocycles. The molecule has 0 aliphatic carbocycles. The van der Waals surface area contributed by atoms with Crippen molar-refractivity contribution in [1.29, 1.82) is 0 Å². The maximum atomic E-state index is 12.5. The highest BCUT2D eigenvalue weighted by Gasteiger charge is 2.62. The molecular weight excluding hydrogens is 519 g/mol. The third-order valence-electron chi connectivity index (χ3n) is 7.40. The van der Waals surface area contributed by atoms with Gasteiger partial charge in [-0.3, -0.25) is 4.90 Å². The highest BCUT2D eigenvalue weighted by atomic mass is 35.5. The van der Waals surface area contributed by atoms with Gasteiger partial charge in [-0.2, -0.15) is 0 Å². The first-order valence-corrected chi connectivity index (χ1v) is 13.2. The van der Waals surface area contributed by atoms with Crippen LogP contribution in [0, 0.1) is 0 Å². The number of unbranched alkanes of at least 4 members (excludes halogenated alkanes) is 1. The second-order valence-electron chi connectivity index (χ2n) is 9.65. The maximum absolute atomic E-state index is 12.5. The summed E-state index contributed by atoms with van der Waals surface area (Å²) < 4.78 is 5.82. The van der Waals surface area contributed by atoms with E-state index in [4.69, 9.17) is 27.9 Å². The molecule has 1 N–H and O–H groups in total. The average Bonchev–Trinajstić information content (AvgIpc) is 3.02. The van der Waals surface area contributed by atoms with Gasteiger partial charge in [0, 0.05) is 49.1 Å². The zero-order chi connectivity index (χ0) is 25.1. The molecular formula is C28H35Cl3N2O3. The van der Waals surface area contributed by atoms with E-state index in [9.17, 15) is 9.90 Å². The van der Waals surface area contributed by atoms with E-state index in [2.05, 4.69) is 17.9 Å². The summed E-state index contributed by atoms with van der Waals surface area (Å²) in [6.07, 6.45) is 5.79. The molecule has 2 aromatic carbocycles. The number of carbonyl (C=O) groups excluding carboxylic acids is 1. The van der Waals surface area contributed by atoms with Gasteiger partial charge in [-0.1, -0.05) is 66.9 Å². The topological polar surface area (TPSA) is 53.0 Å². The monoisotopic (exact) mass is 552 g/mol. The van der Waals surface area contributed by atoms with E-state index in [0.29, 0.717) is 29.4 Å². The van der Waals surface area contributed by atoms with Crippen molar-refractivity contribution in [2.24, 2.45) is 0 Å². The van der Waals surface area contributed by atoms with Gasteiger partial charge in [0.1, 0.15) is 0 Å². The third-order valence-corrected chi connectivity index (χ3v) is 7.90. The highest BCUT2D eigenvalue weighted by Crippen LogP contribution is 2.44. The summed E-state index contributed by atoms with van der Waals surface area (Å²) in [5.74, 6) is 0. The SMILES string of the molecule is CCCCN1C(=O)OC2(CCN(CCC=C(c3ccc(Cl)cc3)c3ccc(Cl)cc3)CC2)C1(C)O.Cl. The van der Waals surface area contributed by atoms with Crippen LogP contribution in [0.5, 0.6) is 0 Å². The van der Waals surface area contributed by atoms with Crippen molar-refractivity contribution in [3.8, 4) is 0 Å². The summed E-state index contributed by atoms with van der Waals surface area (Å²) in [6, 6.07) is 15.8. The zero-order valence-electron chi connectivity index (χ0n) is 20.9. The number of aliphatic hydroxyl groups is 1. The summed E-state index contributed by atoms with van der Waals surface area (Å²) in [5.41, 5.74) is 1.25. The predicted octanol–water partition coefficient (Wildman–Crippen LogP) is 7.03. The van der Waals surface area contributed by atoms with Gasteiger partial charge < -0.3 is 14.7 Å². The van der Waals surface area contributed by atoms with E-state index in [-0.39, 0.29) is 12.4 Å². The molecule has 2 aliphatic rings. The molecule has 4 rings (SSSR count). The Labute approximate surface area is 230 Å². The normalized spacial score (nSPS) is 21.2. The van der Waals surface area contributed by atoms with Crippen LogP contribution in [0.4, 0.5) is 4.79 Å². The summed E-state index contributed by atoms with van der Waals surface area (Å²) in [5, 5.41) is 12.7. The molecule has 2 aliphatic heterocycles. The molecule has 2 saturated heterocycles. The van der Waals surface area contributed by atoms with Crippen molar-refractivity contribution in [2.45, 2.75) is 57.3 Å². The van der Waals surface area contributed by atoms with E-state index in [1.54, 1.807) is 6.92 Å². The summed E-state index contributed by atoms with van der Waals surface area (Å²) in [7, 11) is 0. The number of ether oxygens (including phenoxy) is 1. The zero-order valence-corrected chi connectivity index (χ0v) is 23.2. The molecule has 2 fully saturated rings. The van der Waals surface area contributed by atoms with Gasteiger partial charge in [0.15, 0.2) is 11.3 Å². The van der Waals surface area contributed by atoms with E-state index in [1.807, 2.05) is 48.5 Å². The Morgan fingerprint density at radius 3 is 2.03 bits per heavy atom. The molecule has 0 bridgehead atoms. The van der Waals surface area contributed by atoms with Crippen LogP contribution >= 0.6 is 35.6 Å². The lowest BCUT2D eigenvalue weighted by atomic mass is 9.82. The first-order valence-electron chi connectivity index (χ1n) is 12.4. The largest absolute Gasteiger partial charge is 0.437 e. The standard InChI is InChI=1S/C28H34Cl2N2O3.ClH/c1-3-4-18-32-26(33)35-28(27(32,2)34)15-19-31(20-16-28)17-5-6-25(21-7-11-23(29)12-8-21)22-9-13-24(30)14-10-22;/h6-14,34H,3-5,15-20H2,1-2H3;1H. The summed E-state index contributed by atoms with van der Waals surface area (Å²) in [6.45, 7) is 6.76. The molecule has 196 valence electrons. The van der Waals surface area contributed by atoms with Crippen LogP contribution in [0.25, 0.3) is 5.57 Å². The van der Waals surface area contributed by atoms with Crippen molar-refractivity contribution in [3.05, 3.63) is 75.8 Å². The van der Waals surface area contributed by atoms with Gasteiger partial charge in [0.2, 0.25) is 0 Å². The first kappa shape index (κ1) is 28.8. The number of likely N-dealkylation sites (tertiary alicyclic amines) is 1. The second kappa shape index (κ2) is 12.2. The van der Waals surface area contributed by atoms with Crippen molar-refractivity contribution in [3.63, 3.8) is 0 Å². The average molecular weight is 554 g/mol. The number of piperidine rings is 1. The minimum absolute atomic E-state index is 0. The molecule has 0 radical (unpaired) electrons. The minimum atomic E-state index is -1.28. The number of carbonyl (C=O) groups is 1. The van der Waals surface area contributed by atoms with Crippen LogP contribution in [-0.4, -0.2) is 58.5 Å². The van der Waals surface area contributed by atoms with Crippen LogP contribution in [0.15, 0.2) is 54.6 Å². The molecule has 2 heterocycles. The molecule has 2 aromatic rings. The van der Waals surface area contributed by atoms with Crippen LogP contribution in [0.2, 0.25) is 10.0 Å². The molecule has 1 unspecified atom stereocenters. The molecule has 1 atom stereocenters. The predicted molar refractivity (Wildman–Crippen MR) is 149 cm³/mol. The Bertz CT molecular complexity index is 999. The summed E-state index contributed by atoms with van der Waals surface area (Å²) in [4.78, 5) is 16.4. The molecule has 1 amide bonds. The maximum Gasteiger partial charge on any atom is 0.412 e. The van der Waals surface area contributed by atoms with Crippen LogP contribution in [0.1, 0.15) is 57.1 Å². The molecule has 8 heteroatoms. The van der Waals surface area contributed by atoms with Crippen molar-refractivity contribution >= 4 is 47.3 Å². The second-order valence-corrected chi connectivity index (χ2v) is 10.5. The third kappa shape index (κ3) is 6.03. The van der Waals surface area contributed by atoms with Gasteiger partial charge in [0.05, 0.1) is 0 Å². The fraction of sp³-hybridized carbons (Fsp3) is 0.464.